The molecule has 0 saturated carbocycles. The van der Waals surface area contributed by atoms with E-state index in [4.69, 9.17) is 4.42 Å². The predicted octanol–water partition coefficient (Wildman–Crippen LogP) is 9.32. The number of rotatable bonds is 4. The van der Waals surface area contributed by atoms with Gasteiger partial charge in [0.05, 0.1) is 5.58 Å². The van der Waals surface area contributed by atoms with Crippen molar-refractivity contribution in [3.63, 3.8) is 0 Å². The zero-order valence-corrected chi connectivity index (χ0v) is 25.2. The van der Waals surface area contributed by atoms with Gasteiger partial charge in [0.1, 0.15) is 5.58 Å². The summed E-state index contributed by atoms with van der Waals surface area (Å²) in [5, 5.41) is 2.23. The Balaban J connectivity index is 0.000000161. The number of para-hydroxylation sites is 1. The fourth-order valence-corrected chi connectivity index (χ4v) is 4.93. The summed E-state index contributed by atoms with van der Waals surface area (Å²) in [6, 6.07) is 47.1. The summed E-state index contributed by atoms with van der Waals surface area (Å²) in [5.41, 5.74) is 8.06. The molecule has 0 amide bonds. The van der Waals surface area contributed by atoms with Crippen LogP contribution in [-0.2, 0) is 25.5 Å². The number of benzene rings is 4. The van der Waals surface area contributed by atoms with Gasteiger partial charge in [-0.05, 0) is 40.7 Å². The van der Waals surface area contributed by atoms with E-state index in [1.54, 1.807) is 6.20 Å². The molecular formula is C37H28IrN2O-2. The second kappa shape index (κ2) is 12.4. The van der Waals surface area contributed by atoms with Gasteiger partial charge in [-0.15, -0.1) is 54.1 Å². The Hall–Kier alpha value is -4.37. The van der Waals surface area contributed by atoms with Gasteiger partial charge in [0.25, 0.3) is 0 Å². The summed E-state index contributed by atoms with van der Waals surface area (Å²) in [6.45, 7) is 4.49. The molecule has 4 aromatic carbocycles. The summed E-state index contributed by atoms with van der Waals surface area (Å²) in [6.07, 6.45) is 3.67. The molecule has 203 valence electrons. The molecule has 0 N–H and O–H groups in total. The van der Waals surface area contributed by atoms with E-state index in [0.29, 0.717) is 0 Å². The first-order chi connectivity index (χ1) is 19.6. The number of pyridine rings is 2. The van der Waals surface area contributed by atoms with Gasteiger partial charge in [0, 0.05) is 43.3 Å². The third-order valence-electron chi connectivity index (χ3n) is 7.22. The van der Waals surface area contributed by atoms with E-state index in [-0.39, 0.29) is 25.5 Å². The Bertz CT molecular complexity index is 1860. The maximum atomic E-state index is 5.97. The number of hydrogen-bond donors (Lipinski definition) is 0. The van der Waals surface area contributed by atoms with Crippen molar-refractivity contribution in [2.45, 2.75) is 19.3 Å². The number of hydrogen-bond acceptors (Lipinski definition) is 3. The molecule has 0 saturated heterocycles. The first-order valence-electron chi connectivity index (χ1n) is 13.3. The first kappa shape index (κ1) is 28.2. The molecule has 7 rings (SSSR count). The number of fused-ring (bicyclic) bond motifs is 3. The quantitative estimate of drug-likeness (QED) is 0.171. The third kappa shape index (κ3) is 5.90. The number of aromatic nitrogens is 2. The minimum atomic E-state index is -0.0479. The van der Waals surface area contributed by atoms with Gasteiger partial charge in [-0.1, -0.05) is 91.5 Å². The molecule has 0 aliphatic heterocycles. The third-order valence-corrected chi connectivity index (χ3v) is 7.22. The van der Waals surface area contributed by atoms with Crippen molar-refractivity contribution in [3.8, 4) is 22.5 Å². The van der Waals surface area contributed by atoms with Crippen LogP contribution in [0.2, 0.25) is 0 Å². The summed E-state index contributed by atoms with van der Waals surface area (Å²) >= 11 is 0. The van der Waals surface area contributed by atoms with Crippen LogP contribution < -0.4 is 0 Å². The van der Waals surface area contributed by atoms with Gasteiger partial charge >= 0.3 is 0 Å². The van der Waals surface area contributed by atoms with E-state index in [0.717, 1.165) is 44.5 Å². The van der Waals surface area contributed by atoms with Crippen LogP contribution in [0, 0.1) is 12.1 Å². The van der Waals surface area contributed by atoms with Crippen molar-refractivity contribution in [2.75, 3.05) is 0 Å². The molecule has 7 aromatic rings. The van der Waals surface area contributed by atoms with E-state index in [1.165, 1.54) is 11.1 Å². The smallest absolute Gasteiger partial charge is 0.120 e. The maximum absolute atomic E-state index is 5.97. The summed E-state index contributed by atoms with van der Waals surface area (Å²) in [7, 11) is 0. The summed E-state index contributed by atoms with van der Waals surface area (Å²) < 4.78 is 5.97. The first-order valence-corrected chi connectivity index (χ1v) is 13.3. The molecule has 0 spiro atoms. The molecule has 3 nitrogen and oxygen atoms in total. The van der Waals surface area contributed by atoms with E-state index in [2.05, 4.69) is 84.5 Å². The Morgan fingerprint density at radius 3 is 2.15 bits per heavy atom. The van der Waals surface area contributed by atoms with Crippen LogP contribution in [0.15, 0.2) is 138 Å². The SMILES string of the molecule is CC(C)(c1ccccc1)c1ccnc(-c2[c-]cccc2)c1.[Ir].[c-]1ccc2c(oc3ccccc32)c1-c1ccccn1. The topological polar surface area (TPSA) is 38.9 Å². The van der Waals surface area contributed by atoms with Crippen molar-refractivity contribution in [1.29, 1.82) is 0 Å². The molecule has 41 heavy (non-hydrogen) atoms. The fraction of sp³-hybridized carbons (Fsp3) is 0.0811. The van der Waals surface area contributed by atoms with E-state index < -0.39 is 0 Å². The van der Waals surface area contributed by atoms with Crippen molar-refractivity contribution < 1.29 is 24.5 Å². The Morgan fingerprint density at radius 1 is 0.610 bits per heavy atom. The molecule has 1 radical (unpaired) electrons. The summed E-state index contributed by atoms with van der Waals surface area (Å²) in [4.78, 5) is 8.86. The molecule has 0 atom stereocenters. The number of nitrogens with zero attached hydrogens (tertiary/aromatic N) is 2. The zero-order chi connectivity index (χ0) is 27.4. The Labute approximate surface area is 254 Å². The van der Waals surface area contributed by atoms with Crippen LogP contribution in [0.3, 0.4) is 0 Å². The molecule has 3 aromatic heterocycles. The average Bonchev–Trinajstić information content (AvgIpc) is 3.42. The number of furan rings is 1. The zero-order valence-electron chi connectivity index (χ0n) is 22.8. The van der Waals surface area contributed by atoms with Crippen LogP contribution in [0.5, 0.6) is 0 Å². The van der Waals surface area contributed by atoms with Crippen LogP contribution in [0.1, 0.15) is 25.0 Å². The van der Waals surface area contributed by atoms with E-state index >= 15 is 0 Å². The average molecular weight is 709 g/mol. The maximum Gasteiger partial charge on any atom is 0.120 e. The molecule has 0 fully saturated rings. The predicted molar refractivity (Wildman–Crippen MR) is 163 cm³/mol. The Morgan fingerprint density at radius 2 is 1.37 bits per heavy atom. The van der Waals surface area contributed by atoms with Gasteiger partial charge in [-0.25, -0.2) is 0 Å². The minimum absolute atomic E-state index is 0. The monoisotopic (exact) mass is 709 g/mol. The van der Waals surface area contributed by atoms with Crippen LogP contribution in [-0.4, -0.2) is 9.97 Å². The van der Waals surface area contributed by atoms with Crippen molar-refractivity contribution in [2.24, 2.45) is 0 Å². The molecule has 0 aliphatic carbocycles. The fourth-order valence-electron chi connectivity index (χ4n) is 4.93. The molecule has 0 bridgehead atoms. The molecule has 3 heterocycles. The second-order valence-corrected chi connectivity index (χ2v) is 10.1. The standard InChI is InChI=1S/C20H18N.C17H10NO.Ir/c1-20(2,17-11-7-4-8-12-17)18-13-14-21-19(15-18)16-9-5-3-6-10-16;1-2-10-16-12(6-1)13-7-5-8-14(17(13)19-16)15-9-3-4-11-18-15;/h3-9,11-15H,1-2H3;1-7,9-11H;/q2*-1;. The second-order valence-electron chi connectivity index (χ2n) is 10.1. The minimum Gasteiger partial charge on any atom is -0.501 e. The van der Waals surface area contributed by atoms with Crippen LogP contribution in [0.4, 0.5) is 0 Å². The van der Waals surface area contributed by atoms with Gasteiger partial charge < -0.3 is 14.4 Å². The van der Waals surface area contributed by atoms with Gasteiger partial charge in [0.2, 0.25) is 0 Å². The molecule has 4 heteroatoms. The van der Waals surface area contributed by atoms with Crippen molar-refractivity contribution >= 4 is 21.9 Å². The summed E-state index contributed by atoms with van der Waals surface area (Å²) in [5.74, 6) is 0. The normalized spacial score (nSPS) is 11.0. The van der Waals surface area contributed by atoms with E-state index in [1.807, 2.05) is 79.0 Å². The van der Waals surface area contributed by atoms with Crippen molar-refractivity contribution in [3.05, 3.63) is 157 Å². The van der Waals surface area contributed by atoms with Gasteiger partial charge in [-0.2, -0.15) is 0 Å². The Kier molecular flexibility index (Phi) is 8.54. The molecule has 0 unspecified atom stereocenters. The molecule has 0 aliphatic rings. The molecular weight excluding hydrogens is 681 g/mol. The van der Waals surface area contributed by atoms with Crippen LogP contribution >= 0.6 is 0 Å². The van der Waals surface area contributed by atoms with Crippen LogP contribution in [0.25, 0.3) is 44.5 Å². The largest absolute Gasteiger partial charge is 0.501 e. The van der Waals surface area contributed by atoms with Gasteiger partial charge in [0.15, 0.2) is 0 Å². The van der Waals surface area contributed by atoms with Crippen molar-refractivity contribution in [1.82, 2.24) is 9.97 Å². The van der Waals surface area contributed by atoms with Gasteiger partial charge in [-0.3, -0.25) is 0 Å². The van der Waals surface area contributed by atoms with E-state index in [9.17, 15) is 0 Å².